The Hall–Kier alpha value is -2.16. The van der Waals surface area contributed by atoms with Crippen LogP contribution in [0.5, 0.6) is 5.75 Å². The van der Waals surface area contributed by atoms with Gasteiger partial charge in [-0.25, -0.2) is 8.78 Å². The summed E-state index contributed by atoms with van der Waals surface area (Å²) in [4.78, 5) is 0. The van der Waals surface area contributed by atoms with E-state index in [-0.39, 0.29) is 5.56 Å². The van der Waals surface area contributed by atoms with Crippen molar-refractivity contribution in [2.75, 3.05) is 7.11 Å². The first kappa shape index (κ1) is 12.3. The standard InChI is InChI=1S/C15H12F2O/c1-3-13-14(16)8-11(9-15(13)17)10-5-4-6-12(7-10)18-2/h3-9H,1H2,2H3. The smallest absolute Gasteiger partial charge is 0.133 e. The molecule has 0 unspecified atom stereocenters. The summed E-state index contributed by atoms with van der Waals surface area (Å²) in [6, 6.07) is 9.61. The van der Waals surface area contributed by atoms with Gasteiger partial charge in [0.05, 0.1) is 7.11 Å². The zero-order valence-electron chi connectivity index (χ0n) is 9.91. The fraction of sp³-hybridized carbons (Fsp3) is 0.0667. The highest BCUT2D eigenvalue weighted by Gasteiger charge is 2.09. The molecule has 0 radical (unpaired) electrons. The molecule has 0 atom stereocenters. The van der Waals surface area contributed by atoms with Gasteiger partial charge in [-0.15, -0.1) is 0 Å². The highest BCUT2D eigenvalue weighted by atomic mass is 19.1. The van der Waals surface area contributed by atoms with Gasteiger partial charge in [0.1, 0.15) is 17.4 Å². The molecule has 0 saturated carbocycles. The summed E-state index contributed by atoms with van der Waals surface area (Å²) in [5.74, 6) is -0.605. The zero-order valence-corrected chi connectivity index (χ0v) is 9.91. The molecule has 2 aromatic rings. The fourth-order valence-corrected chi connectivity index (χ4v) is 1.75. The SMILES string of the molecule is C=Cc1c(F)cc(-c2cccc(OC)c2)cc1F. The zero-order chi connectivity index (χ0) is 13.1. The van der Waals surface area contributed by atoms with Crippen molar-refractivity contribution >= 4 is 6.08 Å². The van der Waals surface area contributed by atoms with Crippen LogP contribution in [0.3, 0.4) is 0 Å². The molecule has 0 bridgehead atoms. The summed E-state index contributed by atoms with van der Waals surface area (Å²) in [6.45, 7) is 3.38. The van der Waals surface area contributed by atoms with Crippen molar-refractivity contribution < 1.29 is 13.5 Å². The van der Waals surface area contributed by atoms with E-state index >= 15 is 0 Å². The maximum atomic E-state index is 13.6. The van der Waals surface area contributed by atoms with Crippen LogP contribution in [-0.4, -0.2) is 7.11 Å². The molecule has 2 aromatic carbocycles. The van der Waals surface area contributed by atoms with E-state index in [9.17, 15) is 8.78 Å². The first-order valence-corrected chi connectivity index (χ1v) is 5.41. The average Bonchev–Trinajstić information content (AvgIpc) is 2.38. The summed E-state index contributed by atoms with van der Waals surface area (Å²) in [6.07, 6.45) is 1.17. The van der Waals surface area contributed by atoms with Crippen LogP contribution in [0.2, 0.25) is 0 Å². The number of benzene rings is 2. The first-order valence-electron chi connectivity index (χ1n) is 5.41. The predicted octanol–water partition coefficient (Wildman–Crippen LogP) is 4.28. The van der Waals surface area contributed by atoms with Gasteiger partial charge in [-0.1, -0.05) is 24.8 Å². The molecular formula is C15H12F2O. The second kappa shape index (κ2) is 5.00. The van der Waals surface area contributed by atoms with Gasteiger partial charge in [0, 0.05) is 5.56 Å². The molecular weight excluding hydrogens is 234 g/mol. The van der Waals surface area contributed by atoms with E-state index in [0.29, 0.717) is 16.9 Å². The molecule has 2 rings (SSSR count). The molecule has 0 aromatic heterocycles. The highest BCUT2D eigenvalue weighted by Crippen LogP contribution is 2.27. The van der Waals surface area contributed by atoms with Crippen LogP contribution in [-0.2, 0) is 0 Å². The molecule has 0 aliphatic rings. The summed E-state index contributed by atoms with van der Waals surface area (Å²) in [5.41, 5.74) is 1.05. The molecule has 0 fully saturated rings. The Labute approximate surface area is 104 Å². The molecule has 92 valence electrons. The van der Waals surface area contributed by atoms with Crippen LogP contribution in [0.4, 0.5) is 8.78 Å². The average molecular weight is 246 g/mol. The number of rotatable bonds is 3. The van der Waals surface area contributed by atoms with Gasteiger partial charge in [-0.05, 0) is 35.4 Å². The fourth-order valence-electron chi connectivity index (χ4n) is 1.75. The van der Waals surface area contributed by atoms with E-state index in [1.54, 1.807) is 31.4 Å². The Morgan fingerprint density at radius 1 is 1.06 bits per heavy atom. The van der Waals surface area contributed by atoms with Crippen LogP contribution >= 0.6 is 0 Å². The number of hydrogen-bond donors (Lipinski definition) is 0. The summed E-state index contributed by atoms with van der Waals surface area (Å²) in [7, 11) is 1.54. The molecule has 1 nitrogen and oxygen atoms in total. The molecule has 3 heteroatoms. The molecule has 0 amide bonds. The first-order chi connectivity index (χ1) is 8.65. The Bertz CT molecular complexity index is 568. The van der Waals surface area contributed by atoms with Crippen LogP contribution < -0.4 is 4.74 Å². The third kappa shape index (κ3) is 2.25. The number of hydrogen-bond acceptors (Lipinski definition) is 1. The van der Waals surface area contributed by atoms with Gasteiger partial charge >= 0.3 is 0 Å². The van der Waals surface area contributed by atoms with Crippen LogP contribution in [0.1, 0.15) is 5.56 Å². The van der Waals surface area contributed by atoms with E-state index in [1.807, 2.05) is 0 Å². The Balaban J connectivity index is 2.54. The summed E-state index contributed by atoms with van der Waals surface area (Å²) in [5, 5.41) is 0. The minimum atomic E-state index is -0.622. The van der Waals surface area contributed by atoms with Crippen molar-refractivity contribution in [3.05, 3.63) is 60.2 Å². The molecule has 0 aliphatic carbocycles. The number of halogens is 2. The third-order valence-corrected chi connectivity index (χ3v) is 2.69. The molecule has 18 heavy (non-hydrogen) atoms. The Morgan fingerprint density at radius 2 is 1.72 bits per heavy atom. The second-order valence-corrected chi connectivity index (χ2v) is 3.79. The van der Waals surface area contributed by atoms with Crippen LogP contribution in [0.25, 0.3) is 17.2 Å². The minimum absolute atomic E-state index is 0.110. The number of methoxy groups -OCH3 is 1. The molecule has 0 spiro atoms. The van der Waals surface area contributed by atoms with E-state index in [1.165, 1.54) is 18.2 Å². The van der Waals surface area contributed by atoms with Gasteiger partial charge in [-0.3, -0.25) is 0 Å². The molecule has 0 saturated heterocycles. The summed E-state index contributed by atoms with van der Waals surface area (Å²) < 4.78 is 32.4. The van der Waals surface area contributed by atoms with Crippen molar-refractivity contribution in [3.63, 3.8) is 0 Å². The van der Waals surface area contributed by atoms with Crippen molar-refractivity contribution in [1.29, 1.82) is 0 Å². The molecule has 0 heterocycles. The van der Waals surface area contributed by atoms with Crippen molar-refractivity contribution in [3.8, 4) is 16.9 Å². The van der Waals surface area contributed by atoms with Crippen LogP contribution in [0.15, 0.2) is 43.0 Å². The molecule has 0 N–H and O–H groups in total. The second-order valence-electron chi connectivity index (χ2n) is 3.79. The van der Waals surface area contributed by atoms with Crippen molar-refractivity contribution in [2.24, 2.45) is 0 Å². The van der Waals surface area contributed by atoms with Crippen molar-refractivity contribution in [1.82, 2.24) is 0 Å². The summed E-state index contributed by atoms with van der Waals surface area (Å²) >= 11 is 0. The topological polar surface area (TPSA) is 9.23 Å². The quantitative estimate of drug-likeness (QED) is 0.785. The minimum Gasteiger partial charge on any atom is -0.497 e. The predicted molar refractivity (Wildman–Crippen MR) is 68.4 cm³/mol. The lowest BCUT2D eigenvalue weighted by Crippen LogP contribution is -1.91. The van der Waals surface area contributed by atoms with Gasteiger partial charge in [-0.2, -0.15) is 0 Å². The van der Waals surface area contributed by atoms with Gasteiger partial charge in [0.15, 0.2) is 0 Å². The lowest BCUT2D eigenvalue weighted by Gasteiger charge is -2.07. The Kier molecular flexibility index (Phi) is 3.42. The van der Waals surface area contributed by atoms with E-state index < -0.39 is 11.6 Å². The van der Waals surface area contributed by atoms with E-state index in [4.69, 9.17) is 4.74 Å². The lowest BCUT2D eigenvalue weighted by atomic mass is 10.0. The van der Waals surface area contributed by atoms with E-state index in [0.717, 1.165) is 0 Å². The normalized spacial score (nSPS) is 10.2. The Morgan fingerprint density at radius 3 is 2.28 bits per heavy atom. The molecule has 0 aliphatic heterocycles. The highest BCUT2D eigenvalue weighted by molar-refractivity contribution is 5.67. The van der Waals surface area contributed by atoms with Crippen LogP contribution in [0, 0.1) is 11.6 Å². The number of ether oxygens (including phenoxy) is 1. The monoisotopic (exact) mass is 246 g/mol. The maximum absolute atomic E-state index is 13.6. The van der Waals surface area contributed by atoms with E-state index in [2.05, 4.69) is 6.58 Å². The third-order valence-electron chi connectivity index (χ3n) is 2.69. The van der Waals surface area contributed by atoms with Crippen molar-refractivity contribution in [2.45, 2.75) is 0 Å². The maximum Gasteiger partial charge on any atom is 0.133 e. The van der Waals surface area contributed by atoms with Gasteiger partial charge in [0.2, 0.25) is 0 Å². The largest absolute Gasteiger partial charge is 0.497 e. The lowest BCUT2D eigenvalue weighted by molar-refractivity contribution is 0.415. The van der Waals surface area contributed by atoms with Gasteiger partial charge in [0.25, 0.3) is 0 Å². The van der Waals surface area contributed by atoms with Gasteiger partial charge < -0.3 is 4.74 Å².